The number of ether oxygens (including phenoxy) is 1. The predicted octanol–water partition coefficient (Wildman–Crippen LogP) is 5.58. The zero-order chi connectivity index (χ0) is 25.6. The molecule has 0 radical (unpaired) electrons. The number of carbonyl (C=O) groups is 1. The normalized spacial score (nSPS) is 12.1. The highest BCUT2D eigenvalue weighted by Crippen LogP contribution is 2.39. The number of sulfonamides is 1. The molecule has 0 aliphatic rings. The summed E-state index contributed by atoms with van der Waals surface area (Å²) in [6.45, 7) is 1.56. The third kappa shape index (κ3) is 6.44. The van der Waals surface area contributed by atoms with Gasteiger partial charge in [-0.15, -0.1) is 0 Å². The molecule has 0 fully saturated rings. The van der Waals surface area contributed by atoms with E-state index in [-0.39, 0.29) is 29.7 Å². The molecular weight excluding hydrogens is 487 g/mol. The Morgan fingerprint density at radius 1 is 1.14 bits per heavy atom. The number of carboxylic acid groups (broad SMARTS) is 1. The van der Waals surface area contributed by atoms with Crippen molar-refractivity contribution in [2.75, 3.05) is 10.8 Å². The second-order valence-corrected chi connectivity index (χ2v) is 9.18. The Kier molecular flexibility index (Phi) is 7.90. The molecule has 11 heteroatoms. The molecule has 0 saturated carbocycles. The number of benzene rings is 2. The fourth-order valence-electron chi connectivity index (χ4n) is 3.16. The molecule has 0 spiro atoms. The number of aliphatic carboxylic acids is 1. The number of carboxylic acids is 1. The minimum Gasteiger partial charge on any atom is -0.487 e. The van der Waals surface area contributed by atoms with E-state index in [1.807, 2.05) is 0 Å². The first-order valence-corrected chi connectivity index (χ1v) is 11.9. The molecule has 0 aliphatic heterocycles. The molecule has 1 aromatic heterocycles. The zero-order valence-electron chi connectivity index (χ0n) is 18.5. The quantitative estimate of drug-likeness (QED) is 0.359. The number of alkyl halides is 3. The molecule has 0 atom stereocenters. The molecule has 0 bridgehead atoms. The summed E-state index contributed by atoms with van der Waals surface area (Å²) >= 11 is 0. The van der Waals surface area contributed by atoms with E-state index in [2.05, 4.69) is 0 Å². The Morgan fingerprint density at radius 3 is 2.43 bits per heavy atom. The van der Waals surface area contributed by atoms with Crippen LogP contribution in [0.3, 0.4) is 0 Å². The highest BCUT2D eigenvalue weighted by molar-refractivity contribution is 7.92. The second-order valence-electron chi connectivity index (χ2n) is 7.39. The molecule has 0 aliphatic carbocycles. The van der Waals surface area contributed by atoms with Crippen molar-refractivity contribution in [3.05, 3.63) is 83.6 Å². The molecule has 35 heavy (non-hydrogen) atoms. The van der Waals surface area contributed by atoms with E-state index in [0.717, 1.165) is 28.6 Å². The highest BCUT2D eigenvalue weighted by atomic mass is 32.2. The number of nitrogens with zero attached hydrogens (tertiary/aromatic N) is 1. The summed E-state index contributed by atoms with van der Waals surface area (Å²) in [5.41, 5.74) is 0.140. The van der Waals surface area contributed by atoms with Crippen molar-refractivity contribution in [1.82, 2.24) is 0 Å². The fraction of sp³-hybridized carbons (Fsp3) is 0.208. The lowest BCUT2D eigenvalue weighted by Crippen LogP contribution is -2.32. The molecule has 0 amide bonds. The van der Waals surface area contributed by atoms with E-state index in [4.69, 9.17) is 14.3 Å². The maximum absolute atomic E-state index is 13.4. The van der Waals surface area contributed by atoms with Crippen LogP contribution in [-0.2, 0) is 27.6 Å². The Hall–Kier alpha value is -3.73. The van der Waals surface area contributed by atoms with Crippen LogP contribution in [0.4, 0.5) is 18.9 Å². The summed E-state index contributed by atoms with van der Waals surface area (Å²) in [7, 11) is -4.20. The van der Waals surface area contributed by atoms with Crippen molar-refractivity contribution in [3.8, 4) is 5.75 Å². The van der Waals surface area contributed by atoms with Gasteiger partial charge in [0.1, 0.15) is 12.4 Å². The Labute approximate surface area is 200 Å². The summed E-state index contributed by atoms with van der Waals surface area (Å²) in [4.78, 5) is 10.6. The summed E-state index contributed by atoms with van der Waals surface area (Å²) in [5.74, 6) is -1.37. The Morgan fingerprint density at radius 2 is 1.86 bits per heavy atom. The van der Waals surface area contributed by atoms with Gasteiger partial charge in [0.15, 0.2) is 0 Å². The minimum atomic E-state index is -4.66. The van der Waals surface area contributed by atoms with Crippen molar-refractivity contribution in [3.63, 3.8) is 0 Å². The van der Waals surface area contributed by atoms with Gasteiger partial charge in [-0.2, -0.15) is 21.6 Å². The lowest BCUT2D eigenvalue weighted by molar-refractivity contribution is -0.137. The number of hydrogen-bond donors (Lipinski definition) is 1. The Balaban J connectivity index is 1.96. The maximum Gasteiger partial charge on any atom is 0.416 e. The molecule has 0 saturated heterocycles. The fourth-order valence-corrected chi connectivity index (χ4v) is 4.64. The topological polar surface area (TPSA) is 97.0 Å². The van der Waals surface area contributed by atoms with Crippen molar-refractivity contribution >= 4 is 27.8 Å². The Bertz CT molecular complexity index is 1280. The standard InChI is InChI=1S/C24H22F3NO6S/c1-2-13-28(35(31,32)23-4-3-14-33-23)20-11-10-19(24(25,26)27)15-21(20)34-16-18-7-5-17(6-8-18)9-12-22(29)30/h3-12,14-15H,2,13,16H2,1H3,(H,29,30). The van der Waals surface area contributed by atoms with Gasteiger partial charge in [-0.3, -0.25) is 4.31 Å². The van der Waals surface area contributed by atoms with Gasteiger partial charge in [0, 0.05) is 12.6 Å². The summed E-state index contributed by atoms with van der Waals surface area (Å²) in [5, 5.41) is 8.36. The van der Waals surface area contributed by atoms with Gasteiger partial charge >= 0.3 is 12.1 Å². The zero-order valence-corrected chi connectivity index (χ0v) is 19.3. The van der Waals surface area contributed by atoms with Crippen LogP contribution in [0.5, 0.6) is 5.75 Å². The first-order valence-electron chi connectivity index (χ1n) is 10.4. The van der Waals surface area contributed by atoms with Gasteiger partial charge in [0.05, 0.1) is 17.5 Å². The van der Waals surface area contributed by atoms with Crippen molar-refractivity contribution < 1.29 is 40.6 Å². The molecular formula is C24H22F3NO6S. The first-order chi connectivity index (χ1) is 16.5. The summed E-state index contributed by atoms with van der Waals surface area (Å²) < 4.78 is 78.2. The number of furan rings is 1. The van der Waals surface area contributed by atoms with Crippen LogP contribution in [0, 0.1) is 0 Å². The van der Waals surface area contributed by atoms with Gasteiger partial charge in [-0.05, 0) is 54.0 Å². The predicted molar refractivity (Wildman–Crippen MR) is 122 cm³/mol. The molecule has 1 heterocycles. The van der Waals surface area contributed by atoms with Crippen LogP contribution in [0.25, 0.3) is 6.08 Å². The number of hydrogen-bond acceptors (Lipinski definition) is 5. The summed E-state index contributed by atoms with van der Waals surface area (Å²) in [6.07, 6.45) is -0.728. The van der Waals surface area contributed by atoms with Gasteiger partial charge in [-0.1, -0.05) is 31.2 Å². The van der Waals surface area contributed by atoms with E-state index in [1.54, 1.807) is 31.2 Å². The summed E-state index contributed by atoms with van der Waals surface area (Å²) in [6, 6.07) is 11.8. The van der Waals surface area contributed by atoms with Crippen LogP contribution in [0.15, 0.2) is 76.4 Å². The van der Waals surface area contributed by atoms with Gasteiger partial charge in [-0.25, -0.2) is 4.79 Å². The molecule has 3 aromatic rings. The van der Waals surface area contributed by atoms with E-state index in [1.165, 1.54) is 24.5 Å². The van der Waals surface area contributed by atoms with Gasteiger partial charge in [0.2, 0.25) is 5.09 Å². The minimum absolute atomic E-state index is 0.0185. The number of rotatable bonds is 10. The van der Waals surface area contributed by atoms with E-state index < -0.39 is 27.7 Å². The third-order valence-electron chi connectivity index (χ3n) is 4.81. The number of halogens is 3. The highest BCUT2D eigenvalue weighted by Gasteiger charge is 2.34. The smallest absolute Gasteiger partial charge is 0.416 e. The molecule has 7 nitrogen and oxygen atoms in total. The van der Waals surface area contributed by atoms with Crippen molar-refractivity contribution in [2.45, 2.75) is 31.2 Å². The largest absolute Gasteiger partial charge is 0.487 e. The average molecular weight is 510 g/mol. The van der Waals surface area contributed by atoms with Crippen LogP contribution >= 0.6 is 0 Å². The van der Waals surface area contributed by atoms with Crippen molar-refractivity contribution in [2.24, 2.45) is 0 Å². The number of anilines is 1. The SMILES string of the molecule is CCCN(c1ccc(C(F)(F)F)cc1OCc1ccc(C=CC(=O)O)cc1)S(=O)(=O)c1ccco1. The van der Waals surface area contributed by atoms with Crippen LogP contribution in [0.1, 0.15) is 30.0 Å². The van der Waals surface area contributed by atoms with Gasteiger partial charge < -0.3 is 14.3 Å². The molecule has 186 valence electrons. The van der Waals surface area contributed by atoms with Crippen molar-refractivity contribution in [1.29, 1.82) is 0 Å². The lowest BCUT2D eigenvalue weighted by Gasteiger charge is -2.25. The molecule has 2 aromatic carbocycles. The maximum atomic E-state index is 13.4. The van der Waals surface area contributed by atoms with Crippen LogP contribution < -0.4 is 9.04 Å². The third-order valence-corrected chi connectivity index (χ3v) is 6.51. The van der Waals surface area contributed by atoms with E-state index in [9.17, 15) is 26.4 Å². The van der Waals surface area contributed by atoms with Gasteiger partial charge in [0.25, 0.3) is 10.0 Å². The molecule has 0 unspecified atom stereocenters. The second kappa shape index (κ2) is 10.7. The average Bonchev–Trinajstić information content (AvgIpc) is 3.36. The van der Waals surface area contributed by atoms with Crippen LogP contribution in [-0.4, -0.2) is 26.0 Å². The van der Waals surface area contributed by atoms with E-state index in [0.29, 0.717) is 17.5 Å². The first kappa shape index (κ1) is 25.9. The van der Waals surface area contributed by atoms with Crippen LogP contribution in [0.2, 0.25) is 0 Å². The van der Waals surface area contributed by atoms with E-state index >= 15 is 0 Å². The molecule has 3 rings (SSSR count). The lowest BCUT2D eigenvalue weighted by atomic mass is 10.1. The molecule has 1 N–H and O–H groups in total. The monoisotopic (exact) mass is 509 g/mol.